The van der Waals surface area contributed by atoms with Gasteiger partial charge in [0.1, 0.15) is 0 Å². The van der Waals surface area contributed by atoms with Gasteiger partial charge in [-0.25, -0.2) is 0 Å². The van der Waals surface area contributed by atoms with E-state index in [2.05, 4.69) is 5.32 Å². The first-order valence-electron chi connectivity index (χ1n) is 5.70. The molecule has 0 aromatic carbocycles. The average molecular weight is 244 g/mol. The summed E-state index contributed by atoms with van der Waals surface area (Å²) in [6.45, 7) is 1.41. The smallest absolute Gasteiger partial charge is 0.233 e. The molecule has 1 rings (SSSR count). The molecule has 0 spiro atoms. The number of carbonyl (C=O) groups excluding carboxylic acids is 1. The van der Waals surface area contributed by atoms with E-state index in [1.165, 1.54) is 0 Å². The number of thiocarbonyl (C=S) groups is 1. The molecule has 0 aliphatic heterocycles. The minimum Gasteiger partial charge on any atom is -0.392 e. The predicted molar refractivity (Wildman–Crippen MR) is 67.2 cm³/mol. The van der Waals surface area contributed by atoms with Crippen LogP contribution < -0.4 is 11.1 Å². The third-order valence-corrected chi connectivity index (χ3v) is 3.56. The largest absolute Gasteiger partial charge is 0.392 e. The van der Waals surface area contributed by atoms with Gasteiger partial charge < -0.3 is 15.8 Å². The molecule has 1 aliphatic rings. The Hall–Kier alpha value is -0.680. The van der Waals surface area contributed by atoms with Crippen LogP contribution in [0.2, 0.25) is 0 Å². The van der Waals surface area contributed by atoms with Crippen LogP contribution in [0.25, 0.3) is 0 Å². The Morgan fingerprint density at radius 3 is 2.62 bits per heavy atom. The molecule has 0 saturated heterocycles. The number of hydrogen-bond acceptors (Lipinski definition) is 3. The summed E-state index contributed by atoms with van der Waals surface area (Å²) < 4.78 is 4.93. The number of amides is 1. The summed E-state index contributed by atoms with van der Waals surface area (Å²) in [5.74, 6) is 0.00340. The summed E-state index contributed by atoms with van der Waals surface area (Å²) in [6.07, 6.45) is 4.51. The number of nitrogens with two attached hydrogens (primary N) is 1. The average Bonchev–Trinajstić information content (AvgIpc) is 2.15. The van der Waals surface area contributed by atoms with Crippen LogP contribution in [0, 0.1) is 5.41 Å². The van der Waals surface area contributed by atoms with Gasteiger partial charge in [-0.15, -0.1) is 0 Å². The Balaban J connectivity index is 2.26. The molecule has 1 amide bonds. The lowest BCUT2D eigenvalue weighted by Crippen LogP contribution is -2.53. The van der Waals surface area contributed by atoms with E-state index in [1.807, 2.05) is 0 Å². The van der Waals surface area contributed by atoms with Crippen molar-refractivity contribution in [3.63, 3.8) is 0 Å². The Morgan fingerprint density at radius 1 is 1.50 bits per heavy atom. The first kappa shape index (κ1) is 13.4. The van der Waals surface area contributed by atoms with Gasteiger partial charge in [0.25, 0.3) is 0 Å². The molecule has 0 bridgehead atoms. The highest BCUT2D eigenvalue weighted by Crippen LogP contribution is 2.41. The lowest BCUT2D eigenvalue weighted by molar-refractivity contribution is -0.130. The van der Waals surface area contributed by atoms with Gasteiger partial charge in [0.15, 0.2) is 0 Å². The Labute approximate surface area is 102 Å². The van der Waals surface area contributed by atoms with Crippen LogP contribution in [-0.4, -0.2) is 31.2 Å². The Bertz CT molecular complexity index is 265. The summed E-state index contributed by atoms with van der Waals surface area (Å²) in [5.41, 5.74) is 5.09. The molecule has 3 N–H and O–H groups in total. The molecular formula is C11H20N2O2S. The Kier molecular flexibility index (Phi) is 5.15. The predicted octanol–water partition coefficient (Wildman–Crippen LogP) is 0.986. The zero-order valence-electron chi connectivity index (χ0n) is 9.75. The fraction of sp³-hybridized carbons (Fsp3) is 0.818. The van der Waals surface area contributed by atoms with Gasteiger partial charge in [0.05, 0.1) is 10.4 Å². The van der Waals surface area contributed by atoms with E-state index in [1.54, 1.807) is 7.11 Å². The SMILES string of the molecule is COCCCCNC(=O)C1(C(N)=S)CCC1. The van der Waals surface area contributed by atoms with Gasteiger partial charge in [0.2, 0.25) is 5.91 Å². The maximum absolute atomic E-state index is 11.9. The van der Waals surface area contributed by atoms with E-state index in [0.717, 1.165) is 38.7 Å². The van der Waals surface area contributed by atoms with Gasteiger partial charge in [-0.05, 0) is 25.7 Å². The molecular weight excluding hydrogens is 224 g/mol. The van der Waals surface area contributed by atoms with Crippen molar-refractivity contribution in [2.45, 2.75) is 32.1 Å². The quantitative estimate of drug-likeness (QED) is 0.518. The number of ether oxygens (including phenoxy) is 1. The van der Waals surface area contributed by atoms with E-state index in [9.17, 15) is 4.79 Å². The maximum Gasteiger partial charge on any atom is 0.233 e. The van der Waals surface area contributed by atoms with Gasteiger partial charge in [-0.3, -0.25) is 4.79 Å². The van der Waals surface area contributed by atoms with Crippen LogP contribution >= 0.6 is 12.2 Å². The number of nitrogens with one attached hydrogen (secondary N) is 1. The lowest BCUT2D eigenvalue weighted by atomic mass is 9.68. The third kappa shape index (κ3) is 2.92. The summed E-state index contributed by atoms with van der Waals surface area (Å²) in [6, 6.07) is 0. The zero-order chi connectivity index (χ0) is 12.0. The van der Waals surface area contributed by atoms with Crippen molar-refractivity contribution < 1.29 is 9.53 Å². The van der Waals surface area contributed by atoms with Crippen molar-refractivity contribution >= 4 is 23.1 Å². The summed E-state index contributed by atoms with van der Waals surface area (Å²) in [4.78, 5) is 12.3. The molecule has 0 heterocycles. The molecule has 5 heteroatoms. The Morgan fingerprint density at radius 2 is 2.19 bits per heavy atom. The molecule has 0 atom stereocenters. The van der Waals surface area contributed by atoms with Crippen molar-refractivity contribution in [2.24, 2.45) is 11.1 Å². The van der Waals surface area contributed by atoms with E-state index in [4.69, 9.17) is 22.7 Å². The second-order valence-electron chi connectivity index (χ2n) is 4.26. The summed E-state index contributed by atoms with van der Waals surface area (Å²) in [7, 11) is 1.68. The minimum absolute atomic E-state index is 0.00340. The van der Waals surface area contributed by atoms with Gasteiger partial charge in [0, 0.05) is 20.3 Å². The van der Waals surface area contributed by atoms with E-state index >= 15 is 0 Å². The van der Waals surface area contributed by atoms with Crippen molar-refractivity contribution in [1.82, 2.24) is 5.32 Å². The number of rotatable bonds is 7. The highest BCUT2D eigenvalue weighted by molar-refractivity contribution is 7.80. The van der Waals surface area contributed by atoms with Gasteiger partial charge in [-0.2, -0.15) is 0 Å². The van der Waals surface area contributed by atoms with E-state index < -0.39 is 5.41 Å². The fourth-order valence-corrected chi connectivity index (χ4v) is 2.16. The standard InChI is InChI=1S/C11H20N2O2S/c1-15-8-3-2-7-13-10(14)11(9(12)16)5-4-6-11/h2-8H2,1H3,(H2,12,16)(H,13,14). The van der Waals surface area contributed by atoms with E-state index in [-0.39, 0.29) is 5.91 Å². The number of unbranched alkanes of at least 4 members (excludes halogenated alkanes) is 1. The highest BCUT2D eigenvalue weighted by Gasteiger charge is 2.46. The molecule has 92 valence electrons. The first-order valence-corrected chi connectivity index (χ1v) is 6.11. The second-order valence-corrected chi connectivity index (χ2v) is 4.70. The normalized spacial score (nSPS) is 17.6. The highest BCUT2D eigenvalue weighted by atomic mass is 32.1. The number of carbonyl (C=O) groups is 1. The summed E-state index contributed by atoms with van der Waals surface area (Å²) >= 11 is 4.97. The van der Waals surface area contributed by atoms with Crippen molar-refractivity contribution in [2.75, 3.05) is 20.3 Å². The molecule has 1 aliphatic carbocycles. The molecule has 0 unspecified atom stereocenters. The molecule has 16 heavy (non-hydrogen) atoms. The minimum atomic E-state index is -0.545. The van der Waals surface area contributed by atoms with Crippen molar-refractivity contribution in [3.05, 3.63) is 0 Å². The van der Waals surface area contributed by atoms with Crippen molar-refractivity contribution in [3.8, 4) is 0 Å². The zero-order valence-corrected chi connectivity index (χ0v) is 10.6. The molecule has 1 saturated carbocycles. The molecule has 1 fully saturated rings. The van der Waals surface area contributed by atoms with Crippen LogP contribution in [0.15, 0.2) is 0 Å². The number of hydrogen-bond donors (Lipinski definition) is 2. The maximum atomic E-state index is 11.9. The molecule has 0 aromatic rings. The molecule has 4 nitrogen and oxygen atoms in total. The topological polar surface area (TPSA) is 64.3 Å². The monoisotopic (exact) mass is 244 g/mol. The molecule has 0 radical (unpaired) electrons. The van der Waals surface area contributed by atoms with Crippen LogP contribution in [0.3, 0.4) is 0 Å². The van der Waals surface area contributed by atoms with Crippen LogP contribution in [0.4, 0.5) is 0 Å². The third-order valence-electron chi connectivity index (χ3n) is 3.17. The first-order chi connectivity index (χ1) is 7.63. The molecule has 0 aromatic heterocycles. The van der Waals surface area contributed by atoms with Gasteiger partial charge >= 0.3 is 0 Å². The van der Waals surface area contributed by atoms with Crippen LogP contribution in [0.1, 0.15) is 32.1 Å². The van der Waals surface area contributed by atoms with Crippen molar-refractivity contribution in [1.29, 1.82) is 0 Å². The lowest BCUT2D eigenvalue weighted by Gasteiger charge is -2.39. The number of methoxy groups -OCH3 is 1. The summed E-state index contributed by atoms with van der Waals surface area (Å²) in [5, 5.41) is 2.90. The fourth-order valence-electron chi connectivity index (χ4n) is 1.86. The van der Waals surface area contributed by atoms with Gasteiger partial charge in [-0.1, -0.05) is 18.6 Å². The van der Waals surface area contributed by atoms with Crippen LogP contribution in [0.5, 0.6) is 0 Å². The van der Waals surface area contributed by atoms with Crippen LogP contribution in [-0.2, 0) is 9.53 Å². The second kappa shape index (κ2) is 6.15. The van der Waals surface area contributed by atoms with E-state index in [0.29, 0.717) is 11.5 Å².